The van der Waals surface area contributed by atoms with E-state index < -0.39 is 11.8 Å². The summed E-state index contributed by atoms with van der Waals surface area (Å²) in [7, 11) is 0. The highest BCUT2D eigenvalue weighted by Gasteiger charge is 2.40. The average molecular weight is 272 g/mol. The molecule has 4 nitrogen and oxygen atoms in total. The Morgan fingerprint density at radius 3 is 2.53 bits per heavy atom. The second kappa shape index (κ2) is 5.27. The number of rotatable bonds is 0. The van der Waals surface area contributed by atoms with E-state index in [-0.39, 0.29) is 11.6 Å². The van der Waals surface area contributed by atoms with Gasteiger partial charge in [0, 0.05) is 18.6 Å². The third kappa shape index (κ3) is 3.81. The molecule has 5 heteroatoms. The first-order valence-electron chi connectivity index (χ1n) is 7.17. The second-order valence-corrected chi connectivity index (χ2v) is 6.76. The highest BCUT2D eigenvalue weighted by atomic mass is 19.1. The third-order valence-corrected chi connectivity index (χ3v) is 3.94. The summed E-state index contributed by atoms with van der Waals surface area (Å²) in [5.41, 5.74) is -0.560. The molecule has 0 aromatic rings. The van der Waals surface area contributed by atoms with Crippen molar-refractivity contribution in [3.8, 4) is 0 Å². The lowest BCUT2D eigenvalue weighted by atomic mass is 9.80. The summed E-state index contributed by atoms with van der Waals surface area (Å²) in [6, 6.07) is 0. The van der Waals surface area contributed by atoms with Crippen LogP contribution in [0.2, 0.25) is 0 Å². The molecule has 2 heterocycles. The quantitative estimate of drug-likeness (QED) is 0.736. The van der Waals surface area contributed by atoms with Crippen LogP contribution in [0.3, 0.4) is 0 Å². The Kier molecular flexibility index (Phi) is 4.04. The van der Waals surface area contributed by atoms with Crippen LogP contribution in [-0.4, -0.2) is 47.9 Å². The van der Waals surface area contributed by atoms with Gasteiger partial charge in [-0.25, -0.2) is 9.18 Å². The van der Waals surface area contributed by atoms with E-state index in [0.717, 1.165) is 19.4 Å². The van der Waals surface area contributed by atoms with Gasteiger partial charge in [-0.3, -0.25) is 0 Å². The van der Waals surface area contributed by atoms with Crippen molar-refractivity contribution in [2.75, 3.05) is 19.6 Å². The summed E-state index contributed by atoms with van der Waals surface area (Å²) < 4.78 is 18.9. The van der Waals surface area contributed by atoms with E-state index in [1.54, 1.807) is 4.90 Å². The van der Waals surface area contributed by atoms with Crippen molar-refractivity contribution in [3.05, 3.63) is 0 Å². The van der Waals surface area contributed by atoms with Crippen molar-refractivity contribution in [3.63, 3.8) is 0 Å². The van der Waals surface area contributed by atoms with Gasteiger partial charge >= 0.3 is 6.09 Å². The summed E-state index contributed by atoms with van der Waals surface area (Å²) in [6.07, 6.45) is 1.86. The maximum absolute atomic E-state index is 13.5. The molecule has 19 heavy (non-hydrogen) atoms. The van der Waals surface area contributed by atoms with E-state index in [4.69, 9.17) is 4.74 Å². The van der Waals surface area contributed by atoms with Crippen molar-refractivity contribution in [1.82, 2.24) is 10.2 Å². The van der Waals surface area contributed by atoms with Gasteiger partial charge in [-0.15, -0.1) is 0 Å². The highest BCUT2D eigenvalue weighted by molar-refractivity contribution is 5.68. The number of alkyl halides is 1. The Bertz CT molecular complexity index is 333. The number of piperidine rings is 2. The Hall–Kier alpha value is -0.840. The Labute approximate surface area is 114 Å². The van der Waals surface area contributed by atoms with Crippen LogP contribution in [0.25, 0.3) is 0 Å². The van der Waals surface area contributed by atoms with E-state index >= 15 is 0 Å². The molecule has 2 rings (SSSR count). The van der Waals surface area contributed by atoms with Crippen molar-refractivity contribution in [1.29, 1.82) is 0 Å². The van der Waals surface area contributed by atoms with Crippen LogP contribution in [0.5, 0.6) is 0 Å². The average Bonchev–Trinajstić information content (AvgIpc) is 2.27. The van der Waals surface area contributed by atoms with Crippen LogP contribution in [0.4, 0.5) is 9.18 Å². The third-order valence-electron chi connectivity index (χ3n) is 3.94. The predicted octanol–water partition coefficient (Wildman–Crippen LogP) is 2.48. The van der Waals surface area contributed by atoms with Crippen LogP contribution in [-0.2, 0) is 4.74 Å². The molecule has 2 saturated heterocycles. The number of nitrogens with one attached hydrogen (secondary N) is 1. The van der Waals surface area contributed by atoms with Crippen LogP contribution in [0.15, 0.2) is 0 Å². The molecule has 2 aliphatic rings. The lowest BCUT2D eigenvalue weighted by molar-refractivity contribution is 0.00947. The van der Waals surface area contributed by atoms with Gasteiger partial charge in [0.25, 0.3) is 0 Å². The first kappa shape index (κ1) is 14.6. The predicted molar refractivity (Wildman–Crippen MR) is 71.9 cm³/mol. The SMILES string of the molecule is CC(C)(C)OC(=O)N1CCC2(CC1)CC(F)CCN2. The molecule has 0 aromatic carbocycles. The first-order chi connectivity index (χ1) is 8.80. The molecular formula is C14H25FN2O2. The summed E-state index contributed by atoms with van der Waals surface area (Å²) in [5.74, 6) is 0. The van der Waals surface area contributed by atoms with Crippen molar-refractivity contribution in [2.24, 2.45) is 0 Å². The van der Waals surface area contributed by atoms with Crippen LogP contribution < -0.4 is 5.32 Å². The molecule has 1 atom stereocenters. The number of hydrogen-bond donors (Lipinski definition) is 1. The van der Waals surface area contributed by atoms with E-state index in [1.807, 2.05) is 20.8 Å². The molecule has 1 amide bonds. The molecule has 0 saturated carbocycles. The van der Waals surface area contributed by atoms with Gasteiger partial charge in [0.2, 0.25) is 0 Å². The van der Waals surface area contributed by atoms with E-state index in [0.29, 0.717) is 25.9 Å². The van der Waals surface area contributed by atoms with Crippen molar-refractivity contribution in [2.45, 2.75) is 63.8 Å². The fourth-order valence-corrected chi connectivity index (χ4v) is 2.92. The number of hydrogen-bond acceptors (Lipinski definition) is 3. The topological polar surface area (TPSA) is 41.6 Å². The molecule has 1 spiro atoms. The normalized spacial score (nSPS) is 27.4. The molecule has 0 aromatic heterocycles. The lowest BCUT2D eigenvalue weighted by Crippen LogP contribution is -2.58. The van der Waals surface area contributed by atoms with Crippen LogP contribution in [0.1, 0.15) is 46.5 Å². The van der Waals surface area contributed by atoms with Gasteiger partial charge in [0.05, 0.1) is 0 Å². The highest BCUT2D eigenvalue weighted by Crippen LogP contribution is 2.32. The Morgan fingerprint density at radius 1 is 1.37 bits per heavy atom. The maximum Gasteiger partial charge on any atom is 0.410 e. The maximum atomic E-state index is 13.5. The van der Waals surface area contributed by atoms with Gasteiger partial charge < -0.3 is 15.0 Å². The number of nitrogens with zero attached hydrogens (tertiary/aromatic N) is 1. The van der Waals surface area contributed by atoms with E-state index in [9.17, 15) is 9.18 Å². The number of carbonyl (C=O) groups is 1. The lowest BCUT2D eigenvalue weighted by Gasteiger charge is -2.45. The Balaban J connectivity index is 1.87. The first-order valence-corrected chi connectivity index (χ1v) is 7.17. The monoisotopic (exact) mass is 272 g/mol. The molecule has 0 aliphatic carbocycles. The van der Waals surface area contributed by atoms with Crippen LogP contribution in [0, 0.1) is 0 Å². The fourth-order valence-electron chi connectivity index (χ4n) is 2.92. The van der Waals surface area contributed by atoms with Gasteiger partial charge in [-0.05, 0) is 53.0 Å². The molecule has 0 bridgehead atoms. The smallest absolute Gasteiger partial charge is 0.410 e. The fraction of sp³-hybridized carbons (Fsp3) is 0.929. The number of likely N-dealkylation sites (tertiary alicyclic amines) is 1. The van der Waals surface area contributed by atoms with Gasteiger partial charge in [-0.2, -0.15) is 0 Å². The molecule has 1 unspecified atom stereocenters. The number of amides is 1. The van der Waals surface area contributed by atoms with Gasteiger partial charge in [0.1, 0.15) is 11.8 Å². The molecule has 2 aliphatic heterocycles. The van der Waals surface area contributed by atoms with Crippen molar-refractivity contribution >= 4 is 6.09 Å². The second-order valence-electron chi connectivity index (χ2n) is 6.76. The summed E-state index contributed by atoms with van der Waals surface area (Å²) in [6.45, 7) is 7.64. The van der Waals surface area contributed by atoms with Gasteiger partial charge in [0.15, 0.2) is 0 Å². The largest absolute Gasteiger partial charge is 0.444 e. The van der Waals surface area contributed by atoms with E-state index in [2.05, 4.69) is 5.32 Å². The number of ether oxygens (including phenoxy) is 1. The zero-order chi connectivity index (χ0) is 14.1. The molecule has 2 fully saturated rings. The summed E-state index contributed by atoms with van der Waals surface area (Å²) in [4.78, 5) is 13.7. The van der Waals surface area contributed by atoms with Crippen molar-refractivity contribution < 1.29 is 13.9 Å². The van der Waals surface area contributed by atoms with E-state index in [1.165, 1.54) is 0 Å². The minimum atomic E-state index is -0.700. The minimum absolute atomic E-state index is 0.101. The standard InChI is InChI=1S/C14H25FN2O2/c1-13(2,3)19-12(18)17-8-5-14(6-9-17)10-11(15)4-7-16-14/h11,16H,4-10H2,1-3H3. The summed E-state index contributed by atoms with van der Waals surface area (Å²) >= 11 is 0. The zero-order valence-corrected chi connectivity index (χ0v) is 12.2. The molecule has 0 radical (unpaired) electrons. The molecule has 1 N–H and O–H groups in total. The van der Waals surface area contributed by atoms with Crippen LogP contribution >= 0.6 is 0 Å². The minimum Gasteiger partial charge on any atom is -0.444 e. The summed E-state index contributed by atoms with van der Waals surface area (Å²) in [5, 5.41) is 3.45. The van der Waals surface area contributed by atoms with Gasteiger partial charge in [-0.1, -0.05) is 0 Å². The molecular weight excluding hydrogens is 247 g/mol. The zero-order valence-electron chi connectivity index (χ0n) is 12.2. The number of halogens is 1. The Morgan fingerprint density at radius 2 is 2.00 bits per heavy atom. The molecule has 110 valence electrons. The number of carbonyl (C=O) groups excluding carboxylic acids is 1.